The van der Waals surface area contributed by atoms with E-state index in [1.54, 1.807) is 0 Å². The molecule has 3 heterocycles. The van der Waals surface area contributed by atoms with E-state index in [0.29, 0.717) is 12.0 Å². The van der Waals surface area contributed by atoms with E-state index in [4.69, 9.17) is 0 Å². The van der Waals surface area contributed by atoms with Gasteiger partial charge in [-0.1, -0.05) is 35.9 Å². The van der Waals surface area contributed by atoms with E-state index in [-0.39, 0.29) is 12.6 Å². The predicted octanol–water partition coefficient (Wildman–Crippen LogP) is 4.41. The number of pyridine rings is 1. The van der Waals surface area contributed by atoms with Crippen LogP contribution in [0.15, 0.2) is 67.0 Å². The molecule has 0 saturated carbocycles. The third kappa shape index (κ3) is 3.43. The predicted molar refractivity (Wildman–Crippen MR) is 117 cm³/mol. The second-order valence-electron chi connectivity index (χ2n) is 8.32. The number of benzene rings is 2. The van der Waals surface area contributed by atoms with E-state index < -0.39 is 0 Å². The first-order chi connectivity index (χ1) is 14.2. The smallest absolute Gasteiger partial charge is 0.0636 e. The molecule has 0 radical (unpaired) electrons. The van der Waals surface area contributed by atoms with Gasteiger partial charge in [-0.2, -0.15) is 0 Å². The van der Waals surface area contributed by atoms with Crippen LogP contribution in [0.1, 0.15) is 29.2 Å². The molecule has 0 amide bonds. The Kier molecular flexibility index (Phi) is 4.82. The maximum absolute atomic E-state index is 10.0. The van der Waals surface area contributed by atoms with Crippen LogP contribution in [0.3, 0.4) is 0 Å². The van der Waals surface area contributed by atoms with E-state index in [2.05, 4.69) is 76.7 Å². The van der Waals surface area contributed by atoms with Gasteiger partial charge in [0.15, 0.2) is 0 Å². The number of rotatable bonds is 4. The van der Waals surface area contributed by atoms with Gasteiger partial charge < -0.3 is 10.4 Å². The summed E-state index contributed by atoms with van der Waals surface area (Å²) in [6, 6.07) is 20.1. The minimum atomic E-state index is 0.111. The Morgan fingerprint density at radius 3 is 2.55 bits per heavy atom. The van der Waals surface area contributed by atoms with Crippen LogP contribution in [0.5, 0.6) is 0 Å². The highest BCUT2D eigenvalue weighted by atomic mass is 16.3. The Morgan fingerprint density at radius 1 is 1.03 bits per heavy atom. The van der Waals surface area contributed by atoms with Crippen LogP contribution in [0.25, 0.3) is 11.1 Å². The Balaban J connectivity index is 1.53. The maximum Gasteiger partial charge on any atom is 0.0636 e. The van der Waals surface area contributed by atoms with E-state index in [0.717, 1.165) is 25.2 Å². The molecule has 148 valence electrons. The summed E-state index contributed by atoms with van der Waals surface area (Å²) < 4.78 is 0. The average Bonchev–Trinajstić information content (AvgIpc) is 3.18. The molecule has 29 heavy (non-hydrogen) atoms. The molecule has 4 nitrogen and oxygen atoms in total. The van der Waals surface area contributed by atoms with Crippen molar-refractivity contribution >= 4 is 5.69 Å². The van der Waals surface area contributed by atoms with Crippen LogP contribution in [0.2, 0.25) is 0 Å². The number of nitrogens with one attached hydrogen (secondary N) is 1. The molecule has 2 aromatic carbocycles. The van der Waals surface area contributed by atoms with E-state index >= 15 is 0 Å². The van der Waals surface area contributed by atoms with Gasteiger partial charge in [0, 0.05) is 36.6 Å². The van der Waals surface area contributed by atoms with Crippen LogP contribution in [-0.2, 0) is 6.54 Å². The van der Waals surface area contributed by atoms with Gasteiger partial charge in [-0.05, 0) is 66.4 Å². The summed E-state index contributed by atoms with van der Waals surface area (Å²) in [5, 5.41) is 13.6. The van der Waals surface area contributed by atoms with Crippen LogP contribution >= 0.6 is 0 Å². The van der Waals surface area contributed by atoms with Gasteiger partial charge in [0.1, 0.15) is 0 Å². The lowest BCUT2D eigenvalue weighted by Gasteiger charge is -2.39. The molecule has 2 N–H and O–H groups in total. The SMILES string of the molecule is Cc1ccc(-c2ccc3c(c2)[C@@H]2[C@@H](CCN2Cc2ccncc2)[C@@H](CO)N3)cc1. The number of aliphatic hydroxyl groups excluding tert-OH is 1. The standard InChI is InChI=1S/C25H27N3O/c1-17-2-4-19(5-3-17)20-6-7-23-22(14-20)25-21(24(16-29)27-23)10-13-28(25)15-18-8-11-26-12-9-18/h2-9,11-12,14,21,24-25,27,29H,10,13,15-16H2,1H3/t21-,24+,25-/m0/s1. The van der Waals surface area contributed by atoms with Crippen molar-refractivity contribution in [3.05, 3.63) is 83.7 Å². The zero-order valence-corrected chi connectivity index (χ0v) is 16.8. The number of anilines is 1. The lowest BCUT2D eigenvalue weighted by molar-refractivity contribution is 0.172. The van der Waals surface area contributed by atoms with Crippen molar-refractivity contribution in [2.24, 2.45) is 5.92 Å². The largest absolute Gasteiger partial charge is 0.394 e. The first-order valence-electron chi connectivity index (χ1n) is 10.4. The summed E-state index contributed by atoms with van der Waals surface area (Å²) >= 11 is 0. The molecular weight excluding hydrogens is 358 g/mol. The zero-order chi connectivity index (χ0) is 19.8. The number of fused-ring (bicyclic) bond motifs is 3. The molecule has 0 bridgehead atoms. The van der Waals surface area contributed by atoms with Crippen molar-refractivity contribution in [1.29, 1.82) is 0 Å². The zero-order valence-electron chi connectivity index (χ0n) is 16.8. The molecule has 4 heteroatoms. The maximum atomic E-state index is 10.0. The Hall–Kier alpha value is -2.69. The van der Waals surface area contributed by atoms with Crippen LogP contribution in [-0.4, -0.2) is 34.2 Å². The summed E-state index contributed by atoms with van der Waals surface area (Å²) in [5.74, 6) is 0.419. The van der Waals surface area contributed by atoms with Crippen molar-refractivity contribution in [3.8, 4) is 11.1 Å². The van der Waals surface area contributed by atoms with Crippen LogP contribution < -0.4 is 5.32 Å². The quantitative estimate of drug-likeness (QED) is 0.699. The lowest BCUT2D eigenvalue weighted by Crippen LogP contribution is -2.41. The molecule has 1 saturated heterocycles. The Labute approximate surface area is 172 Å². The first-order valence-corrected chi connectivity index (χ1v) is 10.4. The summed E-state index contributed by atoms with van der Waals surface area (Å²) in [6.07, 6.45) is 4.83. The molecule has 1 fully saturated rings. The number of aliphatic hydroxyl groups is 1. The van der Waals surface area contributed by atoms with Crippen LogP contribution in [0.4, 0.5) is 5.69 Å². The van der Waals surface area contributed by atoms with Crippen molar-refractivity contribution in [3.63, 3.8) is 0 Å². The number of hydrogen-bond donors (Lipinski definition) is 2. The van der Waals surface area contributed by atoms with Gasteiger partial charge >= 0.3 is 0 Å². The second-order valence-corrected chi connectivity index (χ2v) is 8.32. The summed E-state index contributed by atoms with van der Waals surface area (Å²) in [5.41, 5.74) is 7.57. The fraction of sp³-hybridized carbons (Fsp3) is 0.320. The van der Waals surface area contributed by atoms with Crippen molar-refractivity contribution in [2.75, 3.05) is 18.5 Å². The minimum Gasteiger partial charge on any atom is -0.394 e. The number of aromatic nitrogens is 1. The number of aryl methyl sites for hydroxylation is 1. The topological polar surface area (TPSA) is 48.4 Å². The Morgan fingerprint density at radius 2 is 1.79 bits per heavy atom. The summed E-state index contributed by atoms with van der Waals surface area (Å²) in [4.78, 5) is 6.72. The summed E-state index contributed by atoms with van der Waals surface area (Å²) in [7, 11) is 0. The Bertz CT molecular complexity index is 987. The molecule has 1 aromatic heterocycles. The number of likely N-dealkylation sites (tertiary alicyclic amines) is 1. The molecule has 3 aromatic rings. The molecule has 0 spiro atoms. The van der Waals surface area contributed by atoms with Crippen LogP contribution in [0, 0.1) is 12.8 Å². The van der Waals surface area contributed by atoms with Crippen molar-refractivity contribution in [1.82, 2.24) is 9.88 Å². The van der Waals surface area contributed by atoms with E-state index in [1.807, 2.05) is 12.4 Å². The van der Waals surface area contributed by atoms with Gasteiger partial charge in [-0.3, -0.25) is 9.88 Å². The molecule has 3 atom stereocenters. The highest BCUT2D eigenvalue weighted by Crippen LogP contribution is 2.47. The summed E-state index contributed by atoms with van der Waals surface area (Å²) in [6.45, 7) is 4.25. The third-order valence-electron chi connectivity index (χ3n) is 6.49. The molecule has 0 aliphatic carbocycles. The highest BCUT2D eigenvalue weighted by Gasteiger charge is 2.43. The molecule has 5 rings (SSSR count). The normalized spacial score (nSPS) is 23.3. The fourth-order valence-corrected chi connectivity index (χ4v) is 4.98. The second kappa shape index (κ2) is 7.62. The van der Waals surface area contributed by atoms with Gasteiger partial charge in [-0.15, -0.1) is 0 Å². The van der Waals surface area contributed by atoms with Gasteiger partial charge in [-0.25, -0.2) is 0 Å². The number of hydrogen-bond acceptors (Lipinski definition) is 4. The van der Waals surface area contributed by atoms with Crippen molar-refractivity contribution < 1.29 is 5.11 Å². The average molecular weight is 386 g/mol. The van der Waals surface area contributed by atoms with E-state index in [1.165, 1.54) is 27.8 Å². The lowest BCUT2D eigenvalue weighted by atomic mass is 9.82. The monoisotopic (exact) mass is 385 g/mol. The van der Waals surface area contributed by atoms with Gasteiger partial charge in [0.2, 0.25) is 0 Å². The van der Waals surface area contributed by atoms with Crippen molar-refractivity contribution in [2.45, 2.75) is 32.0 Å². The van der Waals surface area contributed by atoms with Gasteiger partial charge in [0.25, 0.3) is 0 Å². The fourth-order valence-electron chi connectivity index (χ4n) is 4.98. The van der Waals surface area contributed by atoms with E-state index in [9.17, 15) is 5.11 Å². The number of nitrogens with zero attached hydrogens (tertiary/aromatic N) is 2. The van der Waals surface area contributed by atoms with Gasteiger partial charge in [0.05, 0.1) is 12.6 Å². The molecular formula is C25H27N3O. The third-order valence-corrected chi connectivity index (χ3v) is 6.49. The highest BCUT2D eigenvalue weighted by molar-refractivity contribution is 5.70. The molecule has 2 aliphatic heterocycles. The molecule has 2 aliphatic rings. The molecule has 0 unspecified atom stereocenters. The first kappa shape index (κ1) is 18.3. The minimum absolute atomic E-state index is 0.111.